The average Bonchev–Trinajstić information content (AvgIpc) is 2.96. The molecule has 0 amide bonds. The minimum absolute atomic E-state index is 0.355. The van der Waals surface area contributed by atoms with Gasteiger partial charge in [0.25, 0.3) is 0 Å². The van der Waals surface area contributed by atoms with Crippen molar-refractivity contribution in [3.8, 4) is 5.75 Å². The lowest BCUT2D eigenvalue weighted by molar-refractivity contribution is 0.281. The molecule has 2 aromatic heterocycles. The highest BCUT2D eigenvalue weighted by atomic mass is 16.5. The van der Waals surface area contributed by atoms with Gasteiger partial charge in [-0.05, 0) is 6.92 Å². The molecular weight excluding hydrogens is 204 g/mol. The van der Waals surface area contributed by atoms with Gasteiger partial charge in [0.15, 0.2) is 17.2 Å². The summed E-state index contributed by atoms with van der Waals surface area (Å²) >= 11 is 0. The topological polar surface area (TPSA) is 42.7 Å². The summed E-state index contributed by atoms with van der Waals surface area (Å²) in [7, 11) is 2.08. The van der Waals surface area contributed by atoms with Crippen LogP contribution in [0.3, 0.4) is 0 Å². The van der Waals surface area contributed by atoms with Crippen molar-refractivity contribution in [2.24, 2.45) is 0 Å². The normalized spacial score (nSPS) is 26.2. The molecule has 0 spiro atoms. The molecule has 0 radical (unpaired) electrons. The number of hydrogen-bond donors (Lipinski definition) is 0. The molecule has 5 heteroatoms. The molecule has 0 aromatic carbocycles. The predicted octanol–water partition coefficient (Wildman–Crippen LogP) is 1.01. The third kappa shape index (κ3) is 0.905. The van der Waals surface area contributed by atoms with Crippen LogP contribution in [0.25, 0.3) is 5.65 Å². The molecule has 82 valence electrons. The lowest BCUT2D eigenvalue weighted by Crippen LogP contribution is -2.30. The molecule has 5 nitrogen and oxygen atoms in total. The van der Waals surface area contributed by atoms with E-state index in [-0.39, 0.29) is 0 Å². The minimum atomic E-state index is 0.355. The van der Waals surface area contributed by atoms with Crippen LogP contribution in [0.2, 0.25) is 0 Å². The van der Waals surface area contributed by atoms with E-state index >= 15 is 0 Å². The summed E-state index contributed by atoms with van der Waals surface area (Å²) in [4.78, 5) is 6.85. The van der Waals surface area contributed by atoms with Gasteiger partial charge in [0, 0.05) is 19.0 Å². The van der Waals surface area contributed by atoms with Gasteiger partial charge in [-0.25, -0.2) is 9.50 Å². The number of likely N-dealkylation sites (N-methyl/N-ethyl adjacent to an activating group) is 1. The number of nitrogens with zero attached hydrogens (tertiary/aromatic N) is 4. The quantitative estimate of drug-likeness (QED) is 0.659. The second-order valence-corrected chi connectivity index (χ2v) is 4.59. The summed E-state index contributed by atoms with van der Waals surface area (Å²) in [5.41, 5.74) is 2.00. The Morgan fingerprint density at radius 2 is 2.38 bits per heavy atom. The van der Waals surface area contributed by atoms with E-state index in [0.717, 1.165) is 29.2 Å². The zero-order valence-electron chi connectivity index (χ0n) is 9.21. The SMILES string of the molecule is Cc1cnn2cc3c(nc12)N(C)C1CC1O3. The van der Waals surface area contributed by atoms with Crippen LogP contribution in [0.15, 0.2) is 12.4 Å². The van der Waals surface area contributed by atoms with Crippen LogP contribution in [0.4, 0.5) is 5.82 Å². The number of aryl methyl sites for hydroxylation is 1. The fraction of sp³-hybridized carbons (Fsp3) is 0.455. The summed E-state index contributed by atoms with van der Waals surface area (Å²) in [5, 5.41) is 4.25. The third-order valence-electron chi connectivity index (χ3n) is 3.43. The molecule has 1 fully saturated rings. The Morgan fingerprint density at radius 3 is 3.25 bits per heavy atom. The summed E-state index contributed by atoms with van der Waals surface area (Å²) in [6, 6.07) is 0.519. The van der Waals surface area contributed by atoms with Crippen LogP contribution in [0, 0.1) is 6.92 Å². The molecule has 0 N–H and O–H groups in total. The highest BCUT2D eigenvalue weighted by Gasteiger charge is 2.48. The number of rotatable bonds is 0. The second-order valence-electron chi connectivity index (χ2n) is 4.59. The van der Waals surface area contributed by atoms with Crippen LogP contribution < -0.4 is 9.64 Å². The van der Waals surface area contributed by atoms with E-state index in [0.29, 0.717) is 12.1 Å². The third-order valence-corrected chi connectivity index (χ3v) is 3.43. The fourth-order valence-corrected chi connectivity index (χ4v) is 2.35. The Morgan fingerprint density at radius 1 is 1.50 bits per heavy atom. The lowest BCUT2D eigenvalue weighted by Gasteiger charge is -2.25. The van der Waals surface area contributed by atoms with Gasteiger partial charge in [-0.1, -0.05) is 0 Å². The first kappa shape index (κ1) is 8.38. The van der Waals surface area contributed by atoms with E-state index in [1.165, 1.54) is 0 Å². The molecular formula is C11H12N4O. The van der Waals surface area contributed by atoms with Gasteiger partial charge in [-0.3, -0.25) is 0 Å². The van der Waals surface area contributed by atoms with E-state index in [4.69, 9.17) is 4.74 Å². The van der Waals surface area contributed by atoms with Crippen LogP contribution >= 0.6 is 0 Å². The standard InChI is InChI=1S/C11H12N4O/c1-6-4-12-15-5-9-11(13-10(6)15)14(2)7-3-8(7)16-9/h4-5,7-8H,3H2,1-2H3. The largest absolute Gasteiger partial charge is 0.483 e. The molecule has 4 rings (SSSR count). The molecule has 1 aliphatic heterocycles. The lowest BCUT2D eigenvalue weighted by atomic mass is 10.3. The van der Waals surface area contributed by atoms with Crippen molar-refractivity contribution < 1.29 is 4.74 Å². The highest BCUT2D eigenvalue weighted by molar-refractivity contribution is 5.62. The maximum atomic E-state index is 5.83. The predicted molar refractivity (Wildman–Crippen MR) is 58.9 cm³/mol. The number of fused-ring (bicyclic) bond motifs is 3. The maximum absolute atomic E-state index is 5.83. The van der Waals surface area contributed by atoms with Gasteiger partial charge in [0.1, 0.15) is 6.10 Å². The van der Waals surface area contributed by atoms with Crippen molar-refractivity contribution in [2.75, 3.05) is 11.9 Å². The van der Waals surface area contributed by atoms with Gasteiger partial charge < -0.3 is 9.64 Å². The second kappa shape index (κ2) is 2.48. The molecule has 16 heavy (non-hydrogen) atoms. The molecule has 3 heterocycles. The van der Waals surface area contributed by atoms with Gasteiger partial charge in [-0.2, -0.15) is 5.10 Å². The zero-order valence-corrected chi connectivity index (χ0v) is 9.21. The summed E-state index contributed by atoms with van der Waals surface area (Å²) in [5.74, 6) is 1.78. The molecule has 0 saturated heterocycles. The van der Waals surface area contributed by atoms with Crippen LogP contribution in [-0.2, 0) is 0 Å². The van der Waals surface area contributed by atoms with Gasteiger partial charge >= 0.3 is 0 Å². The van der Waals surface area contributed by atoms with Gasteiger partial charge in [-0.15, -0.1) is 0 Å². The first-order valence-corrected chi connectivity index (χ1v) is 5.48. The Balaban J connectivity index is 1.99. The van der Waals surface area contributed by atoms with Crippen molar-refractivity contribution in [3.05, 3.63) is 18.0 Å². The van der Waals surface area contributed by atoms with Crippen molar-refractivity contribution in [1.82, 2.24) is 14.6 Å². The molecule has 1 saturated carbocycles. The first-order chi connectivity index (χ1) is 7.74. The Hall–Kier alpha value is -1.78. The minimum Gasteiger partial charge on any atom is -0.483 e. The van der Waals surface area contributed by atoms with E-state index in [1.54, 1.807) is 4.52 Å². The number of hydrogen-bond acceptors (Lipinski definition) is 4. The fourth-order valence-electron chi connectivity index (χ4n) is 2.35. The average molecular weight is 216 g/mol. The Bertz CT molecular complexity index is 591. The Labute approximate surface area is 92.6 Å². The van der Waals surface area contributed by atoms with Crippen molar-refractivity contribution >= 4 is 11.5 Å². The number of ether oxygens (including phenoxy) is 1. The summed E-state index contributed by atoms with van der Waals surface area (Å²) < 4.78 is 7.61. The Kier molecular flexibility index (Phi) is 1.30. The molecule has 2 aromatic rings. The molecule has 2 aliphatic rings. The van der Waals surface area contributed by atoms with Gasteiger partial charge in [0.2, 0.25) is 0 Å². The van der Waals surface area contributed by atoms with Crippen molar-refractivity contribution in [1.29, 1.82) is 0 Å². The zero-order chi connectivity index (χ0) is 10.9. The number of anilines is 1. The summed E-state index contributed by atoms with van der Waals surface area (Å²) in [6.45, 7) is 2.02. The first-order valence-electron chi connectivity index (χ1n) is 5.48. The molecule has 2 atom stereocenters. The maximum Gasteiger partial charge on any atom is 0.180 e. The summed E-state index contributed by atoms with van der Waals surface area (Å²) in [6.07, 6.45) is 5.21. The van der Waals surface area contributed by atoms with Gasteiger partial charge in [0.05, 0.1) is 18.4 Å². The monoisotopic (exact) mass is 216 g/mol. The van der Waals surface area contributed by atoms with Crippen molar-refractivity contribution in [3.63, 3.8) is 0 Å². The van der Waals surface area contributed by atoms with Crippen LogP contribution in [0.5, 0.6) is 5.75 Å². The molecule has 0 bridgehead atoms. The van der Waals surface area contributed by atoms with Crippen molar-refractivity contribution in [2.45, 2.75) is 25.5 Å². The highest BCUT2D eigenvalue weighted by Crippen LogP contribution is 2.43. The smallest absolute Gasteiger partial charge is 0.180 e. The van der Waals surface area contributed by atoms with Crippen LogP contribution in [0.1, 0.15) is 12.0 Å². The van der Waals surface area contributed by atoms with Crippen LogP contribution in [-0.4, -0.2) is 33.8 Å². The van der Waals surface area contributed by atoms with E-state index in [9.17, 15) is 0 Å². The van der Waals surface area contributed by atoms with E-state index < -0.39 is 0 Å². The number of aromatic nitrogens is 3. The molecule has 2 unspecified atom stereocenters. The van der Waals surface area contributed by atoms with E-state index in [1.807, 2.05) is 19.3 Å². The molecule has 1 aliphatic carbocycles. The van der Waals surface area contributed by atoms with E-state index in [2.05, 4.69) is 22.0 Å².